The van der Waals surface area contributed by atoms with Crippen LogP contribution in [0.3, 0.4) is 0 Å². The van der Waals surface area contributed by atoms with Crippen LogP contribution in [-0.4, -0.2) is 28.6 Å². The predicted molar refractivity (Wildman–Crippen MR) is 78.0 cm³/mol. The Balaban J connectivity index is 2.10. The first-order chi connectivity index (χ1) is 10.1. The van der Waals surface area contributed by atoms with Gasteiger partial charge in [0.2, 0.25) is 0 Å². The van der Waals surface area contributed by atoms with E-state index in [-0.39, 0.29) is 18.2 Å². The Hall–Kier alpha value is -2.34. The SMILES string of the molecule is CC(CCCO)NC(=O)c1ccc(-c2ccco2)[nH]c1=O. The van der Waals surface area contributed by atoms with Gasteiger partial charge in [0.05, 0.1) is 12.0 Å². The summed E-state index contributed by atoms with van der Waals surface area (Å²) in [4.78, 5) is 26.6. The summed E-state index contributed by atoms with van der Waals surface area (Å²) >= 11 is 0. The number of carbonyl (C=O) groups excluding carboxylic acids is 1. The molecule has 2 rings (SSSR count). The van der Waals surface area contributed by atoms with Gasteiger partial charge in [-0.25, -0.2) is 0 Å². The van der Waals surface area contributed by atoms with Crippen molar-refractivity contribution in [3.05, 3.63) is 46.4 Å². The van der Waals surface area contributed by atoms with Gasteiger partial charge in [-0.2, -0.15) is 0 Å². The van der Waals surface area contributed by atoms with Gasteiger partial charge in [0, 0.05) is 12.6 Å². The van der Waals surface area contributed by atoms with Crippen molar-refractivity contribution in [1.82, 2.24) is 10.3 Å². The quantitative estimate of drug-likeness (QED) is 0.751. The summed E-state index contributed by atoms with van der Waals surface area (Å²) in [7, 11) is 0. The van der Waals surface area contributed by atoms with Crippen LogP contribution in [0, 0.1) is 0 Å². The minimum absolute atomic E-state index is 0.0566. The van der Waals surface area contributed by atoms with Crippen LogP contribution in [0.2, 0.25) is 0 Å². The van der Waals surface area contributed by atoms with Crippen LogP contribution in [0.25, 0.3) is 11.5 Å². The average Bonchev–Trinajstić information content (AvgIpc) is 2.99. The summed E-state index contributed by atoms with van der Waals surface area (Å²) in [6.45, 7) is 1.91. The van der Waals surface area contributed by atoms with Crippen molar-refractivity contribution in [3.8, 4) is 11.5 Å². The second-order valence-corrected chi connectivity index (χ2v) is 4.83. The molecule has 1 amide bonds. The number of pyridine rings is 1. The normalized spacial score (nSPS) is 12.1. The lowest BCUT2D eigenvalue weighted by molar-refractivity contribution is 0.0935. The number of carbonyl (C=O) groups is 1. The molecule has 0 saturated heterocycles. The van der Waals surface area contributed by atoms with Crippen LogP contribution in [-0.2, 0) is 0 Å². The third-order valence-electron chi connectivity index (χ3n) is 3.11. The summed E-state index contributed by atoms with van der Waals surface area (Å²) in [5.41, 5.74) is 0.117. The second-order valence-electron chi connectivity index (χ2n) is 4.83. The lowest BCUT2D eigenvalue weighted by Gasteiger charge is -2.12. The fourth-order valence-corrected chi connectivity index (χ4v) is 2.00. The number of nitrogens with one attached hydrogen (secondary N) is 2. The van der Waals surface area contributed by atoms with E-state index in [0.29, 0.717) is 24.3 Å². The number of aliphatic hydroxyl groups is 1. The molecule has 0 aliphatic carbocycles. The van der Waals surface area contributed by atoms with Gasteiger partial charge in [-0.1, -0.05) is 0 Å². The molecular formula is C15H18N2O4. The Labute approximate surface area is 121 Å². The van der Waals surface area contributed by atoms with E-state index in [1.807, 2.05) is 6.92 Å². The van der Waals surface area contributed by atoms with Crippen LogP contribution in [0.4, 0.5) is 0 Å². The molecule has 1 unspecified atom stereocenters. The van der Waals surface area contributed by atoms with E-state index in [4.69, 9.17) is 9.52 Å². The number of rotatable bonds is 6. The van der Waals surface area contributed by atoms with E-state index < -0.39 is 11.5 Å². The fourth-order valence-electron chi connectivity index (χ4n) is 2.00. The number of hydrogen-bond donors (Lipinski definition) is 3. The van der Waals surface area contributed by atoms with E-state index in [9.17, 15) is 9.59 Å². The van der Waals surface area contributed by atoms with Gasteiger partial charge in [0.25, 0.3) is 11.5 Å². The molecule has 6 nitrogen and oxygen atoms in total. The maximum atomic E-state index is 12.0. The molecule has 112 valence electrons. The summed E-state index contributed by atoms with van der Waals surface area (Å²) in [6, 6.07) is 6.45. The molecular weight excluding hydrogens is 272 g/mol. The smallest absolute Gasteiger partial charge is 0.261 e. The van der Waals surface area contributed by atoms with Crippen molar-refractivity contribution in [2.24, 2.45) is 0 Å². The van der Waals surface area contributed by atoms with E-state index in [1.54, 1.807) is 18.2 Å². The zero-order valence-electron chi connectivity index (χ0n) is 11.8. The monoisotopic (exact) mass is 290 g/mol. The van der Waals surface area contributed by atoms with Gasteiger partial charge in [-0.3, -0.25) is 9.59 Å². The third kappa shape index (κ3) is 3.82. The largest absolute Gasteiger partial charge is 0.463 e. The maximum Gasteiger partial charge on any atom is 0.261 e. The zero-order chi connectivity index (χ0) is 15.2. The first kappa shape index (κ1) is 15.1. The maximum absolute atomic E-state index is 12.0. The van der Waals surface area contributed by atoms with E-state index in [1.165, 1.54) is 12.3 Å². The summed E-state index contributed by atoms with van der Waals surface area (Å²) in [6.07, 6.45) is 2.77. The molecule has 6 heteroatoms. The third-order valence-corrected chi connectivity index (χ3v) is 3.11. The van der Waals surface area contributed by atoms with Crippen LogP contribution in [0.1, 0.15) is 30.1 Å². The Bertz CT molecular complexity index is 646. The molecule has 0 aliphatic rings. The van der Waals surface area contributed by atoms with Crippen molar-refractivity contribution in [1.29, 1.82) is 0 Å². The highest BCUT2D eigenvalue weighted by Gasteiger charge is 2.14. The standard InChI is InChI=1S/C15H18N2O4/c1-10(4-2-8-18)16-14(19)11-6-7-12(17-15(11)20)13-5-3-9-21-13/h3,5-7,9-10,18H,2,4,8H2,1H3,(H,16,19)(H,17,20). The molecule has 2 heterocycles. The minimum atomic E-state index is -0.462. The zero-order valence-corrected chi connectivity index (χ0v) is 11.8. The highest BCUT2D eigenvalue weighted by Crippen LogP contribution is 2.15. The van der Waals surface area contributed by atoms with Crippen molar-refractivity contribution in [2.45, 2.75) is 25.8 Å². The molecule has 1 atom stereocenters. The van der Waals surface area contributed by atoms with Gasteiger partial charge in [-0.05, 0) is 44.0 Å². The minimum Gasteiger partial charge on any atom is -0.463 e. The first-order valence-electron chi connectivity index (χ1n) is 6.80. The molecule has 21 heavy (non-hydrogen) atoms. The number of amides is 1. The number of aliphatic hydroxyl groups excluding tert-OH is 1. The summed E-state index contributed by atoms with van der Waals surface area (Å²) in [5.74, 6) is 0.114. The van der Waals surface area contributed by atoms with Crippen molar-refractivity contribution < 1.29 is 14.3 Å². The Morgan fingerprint density at radius 3 is 2.86 bits per heavy atom. The number of aromatic nitrogens is 1. The number of H-pyrrole nitrogens is 1. The lowest BCUT2D eigenvalue weighted by Crippen LogP contribution is -2.36. The number of aromatic amines is 1. The van der Waals surface area contributed by atoms with Gasteiger partial charge >= 0.3 is 0 Å². The number of furan rings is 1. The second kappa shape index (κ2) is 6.90. The molecule has 0 aliphatic heterocycles. The number of hydrogen-bond acceptors (Lipinski definition) is 4. The fraction of sp³-hybridized carbons (Fsp3) is 0.333. The van der Waals surface area contributed by atoms with Gasteiger partial charge in [0.15, 0.2) is 0 Å². The van der Waals surface area contributed by atoms with E-state index in [0.717, 1.165) is 0 Å². The first-order valence-corrected chi connectivity index (χ1v) is 6.80. The molecule has 0 saturated carbocycles. The average molecular weight is 290 g/mol. The topological polar surface area (TPSA) is 95.3 Å². The Morgan fingerprint density at radius 1 is 1.43 bits per heavy atom. The molecule has 0 bridgehead atoms. The highest BCUT2D eigenvalue weighted by atomic mass is 16.3. The molecule has 0 aromatic carbocycles. The highest BCUT2D eigenvalue weighted by molar-refractivity contribution is 5.94. The van der Waals surface area contributed by atoms with Crippen molar-refractivity contribution in [2.75, 3.05) is 6.61 Å². The van der Waals surface area contributed by atoms with Gasteiger partial charge in [0.1, 0.15) is 11.3 Å². The van der Waals surface area contributed by atoms with Crippen LogP contribution in [0.15, 0.2) is 39.7 Å². The summed E-state index contributed by atoms with van der Waals surface area (Å²) < 4.78 is 5.19. The lowest BCUT2D eigenvalue weighted by atomic mass is 10.1. The molecule has 2 aromatic heterocycles. The van der Waals surface area contributed by atoms with Crippen molar-refractivity contribution in [3.63, 3.8) is 0 Å². The van der Waals surface area contributed by atoms with E-state index in [2.05, 4.69) is 10.3 Å². The van der Waals surface area contributed by atoms with E-state index >= 15 is 0 Å². The summed E-state index contributed by atoms with van der Waals surface area (Å²) in [5, 5.41) is 11.5. The molecule has 2 aromatic rings. The molecule has 0 fully saturated rings. The van der Waals surface area contributed by atoms with Crippen LogP contribution < -0.4 is 10.9 Å². The van der Waals surface area contributed by atoms with Gasteiger partial charge in [-0.15, -0.1) is 0 Å². The predicted octanol–water partition coefficient (Wildman–Crippen LogP) is 1.53. The van der Waals surface area contributed by atoms with Gasteiger partial charge < -0.3 is 19.8 Å². The molecule has 3 N–H and O–H groups in total. The van der Waals surface area contributed by atoms with Crippen LogP contribution in [0.5, 0.6) is 0 Å². The van der Waals surface area contributed by atoms with Crippen molar-refractivity contribution >= 4 is 5.91 Å². The van der Waals surface area contributed by atoms with Crippen LogP contribution >= 0.6 is 0 Å². The molecule has 0 spiro atoms. The Morgan fingerprint density at radius 2 is 2.24 bits per heavy atom. The Kier molecular flexibility index (Phi) is 4.94. The molecule has 0 radical (unpaired) electrons.